The highest BCUT2D eigenvalue weighted by atomic mass is 16.2. The van der Waals surface area contributed by atoms with Crippen LogP contribution in [-0.2, 0) is 5.41 Å². The van der Waals surface area contributed by atoms with Crippen LogP contribution in [0.4, 0.5) is 10.5 Å². The Morgan fingerprint density at radius 1 is 1.10 bits per heavy atom. The topological polar surface area (TPSA) is 35.6 Å². The summed E-state index contributed by atoms with van der Waals surface area (Å²) in [6.45, 7) is 8.10. The number of likely N-dealkylation sites (tertiary alicyclic amines) is 1. The molecule has 1 N–H and O–H groups in total. The molecule has 2 atom stereocenters. The van der Waals surface area contributed by atoms with Crippen LogP contribution in [0.2, 0.25) is 0 Å². The highest BCUT2D eigenvalue weighted by Crippen LogP contribution is 2.48. The van der Waals surface area contributed by atoms with E-state index in [0.717, 1.165) is 30.1 Å². The number of nitrogens with zero attached hydrogens (tertiary/aromatic N) is 2. The van der Waals surface area contributed by atoms with Crippen molar-refractivity contribution < 1.29 is 4.79 Å². The van der Waals surface area contributed by atoms with Crippen LogP contribution in [0.3, 0.4) is 0 Å². The summed E-state index contributed by atoms with van der Waals surface area (Å²) in [5, 5.41) is 3.03. The summed E-state index contributed by atoms with van der Waals surface area (Å²) in [6, 6.07) is 7.56. The zero-order chi connectivity index (χ0) is 20.7. The monoisotopic (exact) mass is 409 g/mol. The van der Waals surface area contributed by atoms with Crippen molar-refractivity contribution in [3.8, 4) is 0 Å². The summed E-state index contributed by atoms with van der Waals surface area (Å²) in [4.78, 5) is 17.6. The molecule has 0 radical (unpaired) electrons. The van der Waals surface area contributed by atoms with Crippen molar-refractivity contribution in [3.05, 3.63) is 29.3 Å². The first-order valence-corrected chi connectivity index (χ1v) is 12.5. The molecule has 164 valence electrons. The summed E-state index contributed by atoms with van der Waals surface area (Å²) in [7, 11) is 0. The van der Waals surface area contributed by atoms with Crippen LogP contribution < -0.4 is 10.2 Å². The molecule has 0 aromatic heterocycles. The Labute approximate surface area is 182 Å². The van der Waals surface area contributed by atoms with Crippen LogP contribution in [0.1, 0.15) is 75.8 Å². The SMILES string of the molecule is CCNC(=O)N1CC2(CCN(C3CC4CCCC(CC4)C3)CC2)c2cc(C)ccc21. The zero-order valence-electron chi connectivity index (χ0n) is 19.0. The zero-order valence-corrected chi connectivity index (χ0v) is 19.0. The van der Waals surface area contributed by atoms with Crippen LogP contribution in [0, 0.1) is 18.8 Å². The predicted octanol–water partition coefficient (Wildman–Crippen LogP) is 5.24. The smallest absolute Gasteiger partial charge is 0.321 e. The van der Waals surface area contributed by atoms with Gasteiger partial charge in [-0.3, -0.25) is 4.90 Å². The van der Waals surface area contributed by atoms with Crippen LogP contribution in [0.25, 0.3) is 0 Å². The van der Waals surface area contributed by atoms with E-state index in [2.05, 4.69) is 35.3 Å². The summed E-state index contributed by atoms with van der Waals surface area (Å²) in [5.74, 6) is 1.95. The van der Waals surface area contributed by atoms with E-state index < -0.39 is 0 Å². The van der Waals surface area contributed by atoms with Crippen LogP contribution in [0.5, 0.6) is 0 Å². The Kier molecular flexibility index (Phi) is 5.55. The first-order valence-electron chi connectivity index (χ1n) is 12.5. The van der Waals surface area contributed by atoms with Crippen molar-refractivity contribution in [2.24, 2.45) is 11.8 Å². The summed E-state index contributed by atoms with van der Waals surface area (Å²) < 4.78 is 0. The lowest BCUT2D eigenvalue weighted by atomic mass is 9.73. The largest absolute Gasteiger partial charge is 0.338 e. The van der Waals surface area contributed by atoms with Gasteiger partial charge in [-0.15, -0.1) is 0 Å². The van der Waals surface area contributed by atoms with Gasteiger partial charge in [-0.2, -0.15) is 0 Å². The Bertz CT molecular complexity index is 768. The highest BCUT2D eigenvalue weighted by molar-refractivity contribution is 5.95. The third-order valence-electron chi connectivity index (χ3n) is 8.74. The van der Waals surface area contributed by atoms with Crippen LogP contribution in [-0.4, -0.2) is 43.2 Å². The molecule has 2 bridgehead atoms. The number of hydrogen-bond donors (Lipinski definition) is 1. The molecule has 4 nitrogen and oxygen atoms in total. The molecule has 2 aliphatic heterocycles. The molecule has 1 spiro atoms. The molecular formula is C26H39N3O. The van der Waals surface area contributed by atoms with Gasteiger partial charge in [-0.05, 0) is 76.1 Å². The van der Waals surface area contributed by atoms with E-state index in [0.29, 0.717) is 6.54 Å². The van der Waals surface area contributed by atoms with Crippen molar-refractivity contribution >= 4 is 11.7 Å². The fraction of sp³-hybridized carbons (Fsp3) is 0.731. The number of nitrogens with one attached hydrogen (secondary N) is 1. The molecular weight excluding hydrogens is 370 g/mol. The van der Waals surface area contributed by atoms with E-state index in [4.69, 9.17) is 0 Å². The number of carbonyl (C=O) groups is 1. The molecule has 5 rings (SSSR count). The van der Waals surface area contributed by atoms with Gasteiger partial charge >= 0.3 is 6.03 Å². The number of urea groups is 1. The second kappa shape index (κ2) is 8.18. The maximum atomic E-state index is 12.8. The van der Waals surface area contributed by atoms with Gasteiger partial charge in [-0.1, -0.05) is 49.8 Å². The number of hydrogen-bond acceptors (Lipinski definition) is 2. The van der Waals surface area contributed by atoms with Crippen LogP contribution in [0.15, 0.2) is 18.2 Å². The van der Waals surface area contributed by atoms with Gasteiger partial charge in [0.2, 0.25) is 0 Å². The number of fused-ring (bicyclic) bond motifs is 5. The maximum Gasteiger partial charge on any atom is 0.321 e. The van der Waals surface area contributed by atoms with Gasteiger partial charge in [0, 0.05) is 30.2 Å². The Morgan fingerprint density at radius 2 is 1.80 bits per heavy atom. The molecule has 2 unspecified atom stereocenters. The number of benzene rings is 1. The summed E-state index contributed by atoms with van der Waals surface area (Å²) in [5.41, 5.74) is 4.02. The number of amides is 2. The molecule has 2 aliphatic carbocycles. The lowest BCUT2D eigenvalue weighted by Gasteiger charge is -2.44. The molecule has 4 heteroatoms. The Hall–Kier alpha value is -1.55. The van der Waals surface area contributed by atoms with Gasteiger partial charge in [0.15, 0.2) is 0 Å². The summed E-state index contributed by atoms with van der Waals surface area (Å²) in [6.07, 6.45) is 12.6. The fourth-order valence-electron chi connectivity index (χ4n) is 7.05. The van der Waals surface area contributed by atoms with E-state index >= 15 is 0 Å². The quantitative estimate of drug-likeness (QED) is 0.725. The van der Waals surface area contributed by atoms with E-state index in [9.17, 15) is 4.79 Å². The first-order chi connectivity index (χ1) is 14.6. The van der Waals surface area contributed by atoms with Crippen molar-refractivity contribution in [1.82, 2.24) is 10.2 Å². The number of aryl methyl sites for hydroxylation is 1. The maximum absolute atomic E-state index is 12.8. The van der Waals surface area contributed by atoms with Crippen molar-refractivity contribution in [2.45, 2.75) is 83.1 Å². The predicted molar refractivity (Wildman–Crippen MR) is 123 cm³/mol. The third kappa shape index (κ3) is 3.66. The Balaban J connectivity index is 1.34. The van der Waals surface area contributed by atoms with Crippen molar-refractivity contribution in [2.75, 3.05) is 31.1 Å². The van der Waals surface area contributed by atoms with E-state index in [1.165, 1.54) is 82.0 Å². The van der Waals surface area contributed by atoms with E-state index in [-0.39, 0.29) is 11.4 Å². The lowest BCUT2D eigenvalue weighted by Crippen LogP contribution is -2.50. The molecule has 30 heavy (non-hydrogen) atoms. The summed E-state index contributed by atoms with van der Waals surface area (Å²) >= 11 is 0. The normalized spacial score (nSPS) is 30.7. The van der Waals surface area contributed by atoms with Crippen molar-refractivity contribution in [1.29, 1.82) is 0 Å². The van der Waals surface area contributed by atoms with Gasteiger partial charge in [0.25, 0.3) is 0 Å². The molecule has 2 saturated carbocycles. The van der Waals surface area contributed by atoms with Crippen LogP contribution >= 0.6 is 0 Å². The van der Waals surface area contributed by atoms with E-state index in [1.54, 1.807) is 0 Å². The minimum atomic E-state index is 0.0681. The van der Waals surface area contributed by atoms with Gasteiger partial charge in [0.1, 0.15) is 0 Å². The van der Waals surface area contributed by atoms with Gasteiger partial charge in [0.05, 0.1) is 0 Å². The first kappa shape index (κ1) is 20.4. The molecule has 1 saturated heterocycles. The average Bonchev–Trinajstić information content (AvgIpc) is 2.90. The number of piperidine rings is 1. The molecule has 2 amide bonds. The minimum absolute atomic E-state index is 0.0681. The molecule has 1 aromatic carbocycles. The lowest BCUT2D eigenvalue weighted by molar-refractivity contribution is 0.0903. The second-order valence-corrected chi connectivity index (χ2v) is 10.6. The Morgan fingerprint density at radius 3 is 2.47 bits per heavy atom. The number of anilines is 1. The molecule has 3 fully saturated rings. The molecule has 2 heterocycles. The number of rotatable bonds is 2. The average molecular weight is 410 g/mol. The molecule has 4 aliphatic rings. The standard InChI is InChI=1S/C26H39N3O/c1-3-27-25(30)29-18-26(23-15-19(2)7-10-24(23)29)11-13-28(14-12-26)22-16-20-5-4-6-21(17-22)9-8-20/h7,10,15,20-22H,3-6,8-9,11-14,16-18H2,1-2H3,(H,27,30). The second-order valence-electron chi connectivity index (χ2n) is 10.6. The minimum Gasteiger partial charge on any atom is -0.338 e. The van der Waals surface area contributed by atoms with Crippen molar-refractivity contribution in [3.63, 3.8) is 0 Å². The fourth-order valence-corrected chi connectivity index (χ4v) is 7.05. The third-order valence-corrected chi connectivity index (χ3v) is 8.74. The van der Waals surface area contributed by atoms with Gasteiger partial charge in [-0.25, -0.2) is 4.79 Å². The number of carbonyl (C=O) groups excluding carboxylic acids is 1. The van der Waals surface area contributed by atoms with E-state index in [1.807, 2.05) is 11.8 Å². The molecule has 1 aromatic rings. The highest BCUT2D eigenvalue weighted by Gasteiger charge is 2.47. The van der Waals surface area contributed by atoms with Gasteiger partial charge < -0.3 is 10.2 Å².